The predicted molar refractivity (Wildman–Crippen MR) is 226 cm³/mol. The van der Waals surface area contributed by atoms with Crippen molar-refractivity contribution in [3.8, 4) is 33.9 Å². The molecule has 3 aliphatic rings. The van der Waals surface area contributed by atoms with Gasteiger partial charge in [0.2, 0.25) is 0 Å². The molecule has 1 saturated heterocycles. The molecule has 58 heavy (non-hydrogen) atoms. The zero-order valence-corrected chi connectivity index (χ0v) is 33.8. The molecule has 3 fully saturated rings. The first-order chi connectivity index (χ1) is 28.3. The molecular formula is C45H57N7O6. The first kappa shape index (κ1) is 40.9. The highest BCUT2D eigenvalue weighted by atomic mass is 16.5. The van der Waals surface area contributed by atoms with Crippen molar-refractivity contribution in [3.05, 3.63) is 82.4 Å². The minimum atomic E-state index is -0.660. The normalized spacial score (nSPS) is 16.6. The average Bonchev–Trinajstić information content (AvgIpc) is 4.18. The van der Waals surface area contributed by atoms with E-state index in [1.54, 1.807) is 19.4 Å². The number of aromatic nitrogens is 3. The van der Waals surface area contributed by atoms with Crippen LogP contribution < -0.4 is 26.2 Å². The van der Waals surface area contributed by atoms with Crippen molar-refractivity contribution in [1.82, 2.24) is 25.0 Å². The van der Waals surface area contributed by atoms with Crippen molar-refractivity contribution in [2.75, 3.05) is 50.6 Å². The Bertz CT molecular complexity index is 2110. The summed E-state index contributed by atoms with van der Waals surface area (Å²) in [4.78, 5) is 46.7. The van der Waals surface area contributed by atoms with E-state index in [4.69, 9.17) is 9.47 Å². The maximum Gasteiger partial charge on any atom is 0.323 e. The number of urea groups is 1. The molecule has 2 saturated carbocycles. The van der Waals surface area contributed by atoms with E-state index in [1.165, 1.54) is 43.1 Å². The van der Waals surface area contributed by atoms with Gasteiger partial charge in [0, 0.05) is 49.1 Å². The lowest BCUT2D eigenvalue weighted by molar-refractivity contribution is 0.0952. The van der Waals surface area contributed by atoms with E-state index in [0.717, 1.165) is 80.4 Å². The summed E-state index contributed by atoms with van der Waals surface area (Å²) in [5.41, 5.74) is 4.04. The van der Waals surface area contributed by atoms with Gasteiger partial charge in [-0.25, -0.2) is 9.48 Å². The van der Waals surface area contributed by atoms with Gasteiger partial charge >= 0.3 is 6.03 Å². The summed E-state index contributed by atoms with van der Waals surface area (Å²) in [5.74, 6) is 1.15. The Labute approximate surface area is 340 Å². The van der Waals surface area contributed by atoms with Crippen LogP contribution in [0, 0.1) is 5.92 Å². The van der Waals surface area contributed by atoms with E-state index in [0.29, 0.717) is 47.8 Å². The molecule has 0 radical (unpaired) electrons. The van der Waals surface area contributed by atoms with Gasteiger partial charge in [0.1, 0.15) is 11.4 Å². The van der Waals surface area contributed by atoms with Gasteiger partial charge in [-0.2, -0.15) is 5.10 Å². The molecule has 13 heteroatoms. The number of methoxy groups -OCH3 is 1. The molecule has 13 nitrogen and oxygen atoms in total. The summed E-state index contributed by atoms with van der Waals surface area (Å²) >= 11 is 0. The van der Waals surface area contributed by atoms with Gasteiger partial charge < -0.3 is 30.5 Å². The Morgan fingerprint density at radius 1 is 0.897 bits per heavy atom. The Morgan fingerprint density at radius 3 is 2.50 bits per heavy atom. The third-order valence-corrected chi connectivity index (χ3v) is 11.3. The van der Waals surface area contributed by atoms with Crippen LogP contribution in [-0.4, -0.2) is 82.7 Å². The van der Waals surface area contributed by atoms with E-state index < -0.39 is 11.6 Å². The van der Waals surface area contributed by atoms with Crippen LogP contribution in [0.5, 0.6) is 11.5 Å². The number of unbranched alkanes of at least 4 members (excludes halogenated alkanes) is 4. The van der Waals surface area contributed by atoms with Crippen LogP contribution in [0.15, 0.2) is 65.7 Å². The van der Waals surface area contributed by atoms with Gasteiger partial charge in [-0.05, 0) is 125 Å². The molecule has 4 aromatic rings. The fourth-order valence-electron chi connectivity index (χ4n) is 7.74. The Morgan fingerprint density at radius 2 is 1.71 bits per heavy atom. The summed E-state index contributed by atoms with van der Waals surface area (Å²) in [6.45, 7) is 6.45. The first-order valence-corrected chi connectivity index (χ1v) is 21.1. The van der Waals surface area contributed by atoms with Gasteiger partial charge in [0.05, 0.1) is 30.8 Å². The highest BCUT2D eigenvalue weighted by molar-refractivity contribution is 6.01. The number of carbonyl (C=O) groups excluding carboxylic acids is 2. The lowest BCUT2D eigenvalue weighted by Gasteiger charge is -2.23. The molecule has 4 N–H and O–H groups in total. The number of hydrogen-bond donors (Lipinski definition) is 4. The Kier molecular flexibility index (Phi) is 13.7. The van der Waals surface area contributed by atoms with Gasteiger partial charge in [-0.1, -0.05) is 37.5 Å². The molecular weight excluding hydrogens is 735 g/mol. The van der Waals surface area contributed by atoms with E-state index in [-0.39, 0.29) is 29.8 Å². The molecule has 0 bridgehead atoms. The predicted octanol–water partition coefficient (Wildman–Crippen LogP) is 7.80. The zero-order chi connectivity index (χ0) is 40.4. The topological polar surface area (TPSA) is 160 Å². The highest BCUT2D eigenvalue weighted by Crippen LogP contribution is 2.45. The number of pyridine rings is 1. The molecule has 1 atom stereocenters. The van der Waals surface area contributed by atoms with Crippen LogP contribution in [0.1, 0.15) is 99.4 Å². The van der Waals surface area contributed by atoms with Crippen molar-refractivity contribution in [2.24, 2.45) is 5.92 Å². The van der Waals surface area contributed by atoms with Crippen molar-refractivity contribution in [3.63, 3.8) is 0 Å². The minimum absolute atomic E-state index is 0.0452. The quantitative estimate of drug-likeness (QED) is 0.0655. The molecule has 1 unspecified atom stereocenters. The molecule has 3 amide bonds. The van der Waals surface area contributed by atoms with E-state index in [2.05, 4.69) is 30.9 Å². The van der Waals surface area contributed by atoms with Crippen molar-refractivity contribution in [1.29, 1.82) is 0 Å². The van der Waals surface area contributed by atoms with Crippen LogP contribution in [0.4, 0.5) is 16.2 Å². The lowest BCUT2D eigenvalue weighted by atomic mass is 9.99. The minimum Gasteiger partial charge on any atom is -0.504 e. The molecule has 2 aromatic heterocycles. The van der Waals surface area contributed by atoms with E-state index in [1.807, 2.05) is 49.4 Å². The van der Waals surface area contributed by atoms with Crippen molar-refractivity contribution in [2.45, 2.75) is 96.1 Å². The second-order valence-corrected chi connectivity index (χ2v) is 15.9. The third kappa shape index (κ3) is 10.8. The fourth-order valence-corrected chi connectivity index (χ4v) is 7.74. The molecule has 0 spiro atoms. The fraction of sp³-hybridized carbons (Fsp3) is 0.489. The van der Waals surface area contributed by atoms with Crippen LogP contribution >= 0.6 is 0 Å². The maximum atomic E-state index is 13.5. The number of likely N-dealkylation sites (tertiary alicyclic amines) is 1. The van der Waals surface area contributed by atoms with Crippen LogP contribution in [0.2, 0.25) is 0 Å². The van der Waals surface area contributed by atoms with Crippen molar-refractivity contribution < 1.29 is 24.2 Å². The van der Waals surface area contributed by atoms with Gasteiger partial charge in [-0.3, -0.25) is 19.5 Å². The van der Waals surface area contributed by atoms with Gasteiger partial charge in [-0.15, -0.1) is 0 Å². The van der Waals surface area contributed by atoms with Gasteiger partial charge in [0.15, 0.2) is 5.75 Å². The molecule has 1 aliphatic heterocycles. The summed E-state index contributed by atoms with van der Waals surface area (Å²) < 4.78 is 12.9. The first-order valence-electron chi connectivity index (χ1n) is 21.1. The van der Waals surface area contributed by atoms with Crippen LogP contribution in [-0.2, 0) is 11.3 Å². The number of nitrogens with one attached hydrogen (secondary N) is 3. The number of benzene rings is 2. The summed E-state index contributed by atoms with van der Waals surface area (Å²) in [6, 6.07) is 14.8. The summed E-state index contributed by atoms with van der Waals surface area (Å²) in [6.07, 6.45) is 15.2. The maximum absolute atomic E-state index is 13.5. The van der Waals surface area contributed by atoms with Crippen LogP contribution in [0.25, 0.3) is 22.4 Å². The second-order valence-electron chi connectivity index (χ2n) is 15.9. The average molecular weight is 792 g/mol. The zero-order valence-electron chi connectivity index (χ0n) is 33.8. The molecule has 7 rings (SSSR count). The lowest BCUT2D eigenvalue weighted by Crippen LogP contribution is -2.33. The number of carbonyl (C=O) groups is 2. The molecule has 2 aliphatic carbocycles. The van der Waals surface area contributed by atoms with Gasteiger partial charge in [0.25, 0.3) is 11.5 Å². The van der Waals surface area contributed by atoms with Crippen molar-refractivity contribution >= 4 is 23.3 Å². The third-order valence-electron chi connectivity index (χ3n) is 11.3. The Balaban J connectivity index is 1.01. The number of amides is 3. The standard InChI is InChI=1S/C45H57N7O6/c1-3-52-44(55)40(48-45(56)49-42-38(31-16-17-31)26-46-27-41(42)53)25-39(50-52)33-12-9-11-32(21-33)34-22-35(24-37(23-34)58-28-30-14-15-30)43(54)47-18-7-5-4-6-8-19-51-20-10-13-36(51)29-57-2/h9,11-12,21-27,30-31,36,53H,3-8,10,13-20,28-29H2,1-2H3,(H,47,54)(H2,46,48,49,56). The number of nitrogens with zero attached hydrogens (tertiary/aromatic N) is 4. The number of rotatable bonds is 20. The molecule has 3 heterocycles. The van der Waals surface area contributed by atoms with E-state index >= 15 is 0 Å². The molecule has 2 aromatic carbocycles. The SMILES string of the molecule is CCn1nc(-c2cccc(-c3cc(OCC4CC4)cc(C(=O)NCCCCCCCN4CCCC4COC)c3)c2)cc(NC(=O)Nc2c(O)cncc2C2CC2)c1=O. The Hall–Kier alpha value is -5.27. The summed E-state index contributed by atoms with van der Waals surface area (Å²) in [7, 11) is 1.79. The number of hydrogen-bond acceptors (Lipinski definition) is 9. The second kappa shape index (κ2) is 19.5. The number of aryl methyl sites for hydroxylation is 1. The largest absolute Gasteiger partial charge is 0.504 e. The number of aromatic hydroxyl groups is 1. The number of anilines is 2. The highest BCUT2D eigenvalue weighted by Gasteiger charge is 2.29. The van der Waals surface area contributed by atoms with E-state index in [9.17, 15) is 19.5 Å². The monoisotopic (exact) mass is 791 g/mol. The summed E-state index contributed by atoms with van der Waals surface area (Å²) in [5, 5.41) is 23.6. The smallest absolute Gasteiger partial charge is 0.323 e. The molecule has 308 valence electrons. The van der Waals surface area contributed by atoms with Crippen LogP contribution in [0.3, 0.4) is 0 Å². The number of ether oxygens (including phenoxy) is 2.